The Morgan fingerprint density at radius 2 is 1.85 bits per heavy atom. The zero-order valence-electron chi connectivity index (χ0n) is 16.4. The van der Waals surface area contributed by atoms with Gasteiger partial charge in [0.2, 0.25) is 5.91 Å². The van der Waals surface area contributed by atoms with Crippen LogP contribution in [0, 0.1) is 12.7 Å². The molecule has 0 aliphatic carbocycles. The summed E-state index contributed by atoms with van der Waals surface area (Å²) in [6.45, 7) is 9.45. The van der Waals surface area contributed by atoms with Crippen molar-refractivity contribution in [3.8, 4) is 0 Å². The molecule has 1 aromatic carbocycles. The van der Waals surface area contributed by atoms with Crippen LogP contribution >= 0.6 is 24.0 Å². The number of halogens is 2. The van der Waals surface area contributed by atoms with E-state index in [0.29, 0.717) is 0 Å². The first-order chi connectivity index (χ1) is 12.5. The van der Waals surface area contributed by atoms with E-state index in [0.717, 1.165) is 69.3 Å². The first kappa shape index (κ1) is 23.6. The highest BCUT2D eigenvalue weighted by Crippen LogP contribution is 2.10. The summed E-state index contributed by atoms with van der Waals surface area (Å²) in [5.41, 5.74) is 2.11. The summed E-state index contributed by atoms with van der Waals surface area (Å²) < 4.78 is 13.1. The Balaban J connectivity index is 0.00000364. The third-order valence-electron chi connectivity index (χ3n) is 4.75. The molecule has 1 heterocycles. The summed E-state index contributed by atoms with van der Waals surface area (Å²) >= 11 is 0. The van der Waals surface area contributed by atoms with E-state index in [2.05, 4.69) is 20.5 Å². The van der Waals surface area contributed by atoms with Gasteiger partial charge >= 0.3 is 0 Å². The van der Waals surface area contributed by atoms with Crippen molar-refractivity contribution in [3.05, 3.63) is 35.1 Å². The highest BCUT2D eigenvalue weighted by Gasteiger charge is 2.17. The van der Waals surface area contributed by atoms with Gasteiger partial charge in [0.15, 0.2) is 5.96 Å². The Labute approximate surface area is 178 Å². The van der Waals surface area contributed by atoms with E-state index in [1.165, 1.54) is 6.07 Å². The fraction of sp³-hybridized carbons (Fsp3) is 0.579. The molecule has 0 bridgehead atoms. The van der Waals surface area contributed by atoms with Crippen LogP contribution in [-0.2, 0) is 11.2 Å². The van der Waals surface area contributed by atoms with Crippen LogP contribution in [0.3, 0.4) is 0 Å². The van der Waals surface area contributed by atoms with Crippen molar-refractivity contribution in [2.75, 3.05) is 52.9 Å². The molecule has 0 atom stereocenters. The largest absolute Gasteiger partial charge is 0.356 e. The Bertz CT molecular complexity index is 633. The molecular weight excluding hydrogens is 460 g/mol. The van der Waals surface area contributed by atoms with Gasteiger partial charge in [-0.25, -0.2) is 4.39 Å². The van der Waals surface area contributed by atoms with Crippen LogP contribution in [0.1, 0.15) is 18.1 Å². The summed E-state index contributed by atoms with van der Waals surface area (Å²) in [6, 6.07) is 4.90. The van der Waals surface area contributed by atoms with Crippen molar-refractivity contribution in [3.63, 3.8) is 0 Å². The Morgan fingerprint density at radius 1 is 1.19 bits per heavy atom. The van der Waals surface area contributed by atoms with Gasteiger partial charge < -0.3 is 15.5 Å². The van der Waals surface area contributed by atoms with E-state index in [1.54, 1.807) is 20.0 Å². The highest BCUT2D eigenvalue weighted by atomic mass is 127. The summed E-state index contributed by atoms with van der Waals surface area (Å²) in [5, 5.41) is 6.61. The second-order valence-electron chi connectivity index (χ2n) is 6.59. The van der Waals surface area contributed by atoms with Crippen LogP contribution in [0.2, 0.25) is 0 Å². The van der Waals surface area contributed by atoms with E-state index >= 15 is 0 Å². The number of hydrogen-bond donors (Lipinski definition) is 2. The average Bonchev–Trinajstić information content (AvgIpc) is 2.62. The second kappa shape index (κ2) is 12.1. The average molecular weight is 491 g/mol. The molecule has 0 unspecified atom stereocenters. The maximum Gasteiger partial charge on any atom is 0.219 e. The van der Waals surface area contributed by atoms with Gasteiger partial charge in [-0.1, -0.05) is 6.07 Å². The van der Waals surface area contributed by atoms with Crippen LogP contribution in [0.25, 0.3) is 0 Å². The smallest absolute Gasteiger partial charge is 0.219 e. The van der Waals surface area contributed by atoms with E-state index in [4.69, 9.17) is 0 Å². The van der Waals surface area contributed by atoms with Crippen molar-refractivity contribution in [1.29, 1.82) is 0 Å². The van der Waals surface area contributed by atoms with Crippen LogP contribution in [0.15, 0.2) is 23.2 Å². The number of guanidine groups is 1. The molecule has 0 aromatic heterocycles. The molecule has 6 nitrogen and oxygen atoms in total. The lowest BCUT2D eigenvalue weighted by molar-refractivity contribution is -0.130. The predicted octanol–water partition coefficient (Wildman–Crippen LogP) is 1.62. The molecular formula is C19H31FIN5O. The third-order valence-corrected chi connectivity index (χ3v) is 4.75. The number of aliphatic imine (C=N–C) groups is 1. The SMILES string of the molecule is CN=C(NCCc1ccc(F)cc1C)NCCN1CCN(C(C)=O)CC1.I. The number of nitrogens with zero attached hydrogens (tertiary/aromatic N) is 3. The first-order valence-corrected chi connectivity index (χ1v) is 9.17. The zero-order chi connectivity index (χ0) is 18.9. The fourth-order valence-electron chi connectivity index (χ4n) is 3.09. The molecule has 2 N–H and O–H groups in total. The van der Waals surface area contributed by atoms with Gasteiger partial charge in [-0.05, 0) is 36.6 Å². The third kappa shape index (κ3) is 8.00. The van der Waals surface area contributed by atoms with Gasteiger partial charge in [-0.3, -0.25) is 14.7 Å². The standard InChI is InChI=1S/C19H30FN5O.HI/c1-15-14-18(20)5-4-17(15)6-7-22-19(21-3)23-8-9-24-10-12-25(13-11-24)16(2)26;/h4-5,14H,6-13H2,1-3H3,(H2,21,22,23);1H. The predicted molar refractivity (Wildman–Crippen MR) is 118 cm³/mol. The van der Waals surface area contributed by atoms with Crippen LogP contribution in [0.4, 0.5) is 4.39 Å². The van der Waals surface area contributed by atoms with Crippen molar-refractivity contribution >= 4 is 35.8 Å². The van der Waals surface area contributed by atoms with E-state index in [9.17, 15) is 9.18 Å². The first-order valence-electron chi connectivity index (χ1n) is 9.17. The van der Waals surface area contributed by atoms with Gasteiger partial charge in [-0.15, -0.1) is 24.0 Å². The summed E-state index contributed by atoms with van der Waals surface area (Å²) in [5.74, 6) is 0.733. The van der Waals surface area contributed by atoms with Gasteiger partial charge in [0.25, 0.3) is 0 Å². The zero-order valence-corrected chi connectivity index (χ0v) is 18.8. The molecule has 2 rings (SSSR count). The van der Waals surface area contributed by atoms with Crippen molar-refractivity contribution < 1.29 is 9.18 Å². The monoisotopic (exact) mass is 491 g/mol. The lowest BCUT2D eigenvalue weighted by Crippen LogP contribution is -2.50. The van der Waals surface area contributed by atoms with Gasteiger partial charge in [0.1, 0.15) is 5.82 Å². The molecule has 0 spiro atoms. The molecule has 1 fully saturated rings. The van der Waals surface area contributed by atoms with Gasteiger partial charge in [-0.2, -0.15) is 0 Å². The Hall–Kier alpha value is -1.42. The van der Waals surface area contributed by atoms with Crippen LogP contribution in [-0.4, -0.2) is 74.5 Å². The summed E-state index contributed by atoms with van der Waals surface area (Å²) in [4.78, 5) is 19.8. The number of rotatable bonds is 6. The molecule has 1 amide bonds. The molecule has 0 saturated carbocycles. The van der Waals surface area contributed by atoms with E-state index in [1.807, 2.05) is 17.9 Å². The Morgan fingerprint density at radius 3 is 2.44 bits per heavy atom. The number of carbonyl (C=O) groups excluding carboxylic acids is 1. The van der Waals surface area contributed by atoms with Gasteiger partial charge in [0, 0.05) is 59.8 Å². The number of aryl methyl sites for hydroxylation is 1. The van der Waals surface area contributed by atoms with Crippen LogP contribution in [0.5, 0.6) is 0 Å². The summed E-state index contributed by atoms with van der Waals surface area (Å²) in [6.07, 6.45) is 0.819. The molecule has 1 aliphatic heterocycles. The minimum absolute atomic E-state index is 0. The highest BCUT2D eigenvalue weighted by molar-refractivity contribution is 14.0. The number of benzene rings is 1. The lowest BCUT2D eigenvalue weighted by Gasteiger charge is -2.34. The lowest BCUT2D eigenvalue weighted by atomic mass is 10.1. The summed E-state index contributed by atoms with van der Waals surface area (Å²) in [7, 11) is 1.75. The number of nitrogens with one attached hydrogen (secondary N) is 2. The maximum atomic E-state index is 13.1. The quantitative estimate of drug-likeness (QED) is 0.361. The second-order valence-corrected chi connectivity index (χ2v) is 6.59. The van der Waals surface area contributed by atoms with Crippen molar-refractivity contribution in [1.82, 2.24) is 20.4 Å². The number of amides is 1. The topological polar surface area (TPSA) is 60.0 Å². The molecule has 27 heavy (non-hydrogen) atoms. The van der Waals surface area contributed by atoms with E-state index < -0.39 is 0 Å². The molecule has 1 aliphatic rings. The molecule has 1 aromatic rings. The minimum atomic E-state index is -0.194. The maximum absolute atomic E-state index is 13.1. The molecule has 0 radical (unpaired) electrons. The number of carbonyl (C=O) groups is 1. The van der Waals surface area contributed by atoms with E-state index in [-0.39, 0.29) is 35.7 Å². The molecule has 152 valence electrons. The fourth-order valence-corrected chi connectivity index (χ4v) is 3.09. The Kier molecular flexibility index (Phi) is 10.6. The van der Waals surface area contributed by atoms with Gasteiger partial charge in [0.05, 0.1) is 0 Å². The minimum Gasteiger partial charge on any atom is -0.356 e. The molecule has 1 saturated heterocycles. The number of hydrogen-bond acceptors (Lipinski definition) is 3. The van der Waals surface area contributed by atoms with Crippen molar-refractivity contribution in [2.45, 2.75) is 20.3 Å². The molecule has 8 heteroatoms. The van der Waals surface area contributed by atoms with Crippen LogP contribution < -0.4 is 10.6 Å². The van der Waals surface area contributed by atoms with Crippen molar-refractivity contribution in [2.24, 2.45) is 4.99 Å². The normalized spacial score (nSPS) is 15.3. The number of piperazine rings is 1.